The van der Waals surface area contributed by atoms with Crippen molar-refractivity contribution in [3.05, 3.63) is 28.3 Å². The number of piperazine rings is 1. The number of rotatable bonds is 1. The number of urea groups is 1. The van der Waals surface area contributed by atoms with E-state index >= 15 is 0 Å². The molecule has 4 amide bonds. The minimum absolute atomic E-state index is 0.176. The molecule has 1 aromatic rings. The van der Waals surface area contributed by atoms with Crippen molar-refractivity contribution in [3.8, 4) is 6.07 Å². The van der Waals surface area contributed by atoms with Crippen molar-refractivity contribution < 1.29 is 23.9 Å². The van der Waals surface area contributed by atoms with E-state index in [0.717, 1.165) is 12.0 Å². The number of benzene rings is 1. The summed E-state index contributed by atoms with van der Waals surface area (Å²) in [4.78, 5) is 53.8. The number of methoxy groups -OCH3 is 1. The minimum atomic E-state index is -0.998. The first-order valence-corrected chi connectivity index (χ1v) is 8.94. The molecule has 0 aromatic heterocycles. The van der Waals surface area contributed by atoms with Gasteiger partial charge in [0.1, 0.15) is 12.1 Å². The second-order valence-electron chi connectivity index (χ2n) is 6.90. The maximum absolute atomic E-state index is 13.1. The van der Waals surface area contributed by atoms with Crippen LogP contribution in [0.2, 0.25) is 5.02 Å². The third-order valence-corrected chi connectivity index (χ3v) is 6.09. The zero-order valence-corrected chi connectivity index (χ0v) is 15.8. The molecule has 3 saturated heterocycles. The van der Waals surface area contributed by atoms with Crippen molar-refractivity contribution in [1.82, 2.24) is 9.80 Å². The Balaban J connectivity index is 1.69. The molecule has 0 saturated carbocycles. The smallest absolute Gasteiger partial charge is 0.396 e. The molecule has 144 valence electrons. The van der Waals surface area contributed by atoms with Crippen molar-refractivity contribution in [3.63, 3.8) is 0 Å². The lowest BCUT2D eigenvalue weighted by molar-refractivity contribution is -0.160. The molecular formula is C18H15ClN4O5. The molecule has 0 spiro atoms. The van der Waals surface area contributed by atoms with Gasteiger partial charge in [0, 0.05) is 6.54 Å². The number of carbonyl (C=O) groups is 4. The molecule has 0 N–H and O–H groups in total. The number of hydrogen-bond donors (Lipinski definition) is 0. The summed E-state index contributed by atoms with van der Waals surface area (Å²) in [6, 6.07) is 2.65. The molecule has 3 aliphatic heterocycles. The Morgan fingerprint density at radius 3 is 2.68 bits per heavy atom. The Kier molecular flexibility index (Phi) is 4.05. The summed E-state index contributed by atoms with van der Waals surface area (Å²) < 4.78 is 4.49. The van der Waals surface area contributed by atoms with E-state index < -0.39 is 35.9 Å². The zero-order valence-electron chi connectivity index (χ0n) is 15.0. The van der Waals surface area contributed by atoms with Gasteiger partial charge >= 0.3 is 17.9 Å². The number of nitriles is 1. The predicted octanol–water partition coefficient (Wildman–Crippen LogP) is 0.813. The number of imide groups is 1. The van der Waals surface area contributed by atoms with Crippen LogP contribution >= 0.6 is 11.6 Å². The number of anilines is 1. The van der Waals surface area contributed by atoms with E-state index in [1.165, 1.54) is 21.9 Å². The van der Waals surface area contributed by atoms with Gasteiger partial charge in [0.15, 0.2) is 0 Å². The number of nitrogens with zero attached hydrogens (tertiary/aromatic N) is 4. The fourth-order valence-electron chi connectivity index (χ4n) is 4.32. The highest BCUT2D eigenvalue weighted by atomic mass is 35.5. The normalized spacial score (nSPS) is 25.2. The van der Waals surface area contributed by atoms with E-state index in [1.807, 2.05) is 6.07 Å². The molecule has 4 rings (SSSR count). The maximum atomic E-state index is 13.1. The van der Waals surface area contributed by atoms with Crippen molar-refractivity contribution in [2.45, 2.75) is 31.5 Å². The van der Waals surface area contributed by atoms with Crippen LogP contribution in [0.4, 0.5) is 10.5 Å². The Morgan fingerprint density at radius 2 is 2.04 bits per heavy atom. The second-order valence-corrected chi connectivity index (χ2v) is 7.28. The lowest BCUT2D eigenvalue weighted by Crippen LogP contribution is -2.56. The Morgan fingerprint density at radius 1 is 1.32 bits per heavy atom. The van der Waals surface area contributed by atoms with Gasteiger partial charge in [0.25, 0.3) is 5.91 Å². The molecule has 28 heavy (non-hydrogen) atoms. The number of fused-ring (bicyclic) bond motifs is 5. The van der Waals surface area contributed by atoms with Gasteiger partial charge in [-0.05, 0) is 31.0 Å². The van der Waals surface area contributed by atoms with E-state index in [9.17, 15) is 19.2 Å². The summed E-state index contributed by atoms with van der Waals surface area (Å²) in [5.41, 5.74) is 0.995. The predicted molar refractivity (Wildman–Crippen MR) is 95.3 cm³/mol. The molecule has 3 aliphatic rings. The van der Waals surface area contributed by atoms with Gasteiger partial charge < -0.3 is 14.5 Å². The van der Waals surface area contributed by atoms with E-state index in [0.29, 0.717) is 17.7 Å². The highest BCUT2D eigenvalue weighted by Gasteiger charge is 2.63. The number of likely N-dealkylation sites (tertiary alicyclic amines) is 1. The van der Waals surface area contributed by atoms with Crippen molar-refractivity contribution in [1.29, 1.82) is 5.26 Å². The van der Waals surface area contributed by atoms with Crippen LogP contribution in [0.5, 0.6) is 0 Å². The third kappa shape index (κ3) is 2.24. The Bertz CT molecular complexity index is 987. The molecule has 3 fully saturated rings. The summed E-state index contributed by atoms with van der Waals surface area (Å²) in [5.74, 6) is -2.29. The number of hydrogen-bond acceptors (Lipinski definition) is 6. The fourth-order valence-corrected chi connectivity index (χ4v) is 4.52. The van der Waals surface area contributed by atoms with Crippen LogP contribution in [0.1, 0.15) is 17.5 Å². The fraction of sp³-hybridized carbons (Fsp3) is 0.389. The van der Waals surface area contributed by atoms with Gasteiger partial charge in [0.2, 0.25) is 0 Å². The largest absolute Gasteiger partial charge is 0.462 e. The van der Waals surface area contributed by atoms with Crippen molar-refractivity contribution in [2.75, 3.05) is 18.6 Å². The van der Waals surface area contributed by atoms with Crippen molar-refractivity contribution >= 4 is 41.1 Å². The summed E-state index contributed by atoms with van der Waals surface area (Å²) in [6.07, 6.45) is 0.436. The van der Waals surface area contributed by atoms with Crippen LogP contribution < -0.4 is 4.90 Å². The average molecular weight is 403 g/mol. The molecule has 9 nitrogen and oxygen atoms in total. The number of amides is 4. The van der Waals surface area contributed by atoms with E-state index in [2.05, 4.69) is 4.74 Å². The number of halogens is 1. The molecule has 3 heterocycles. The lowest BCUT2D eigenvalue weighted by atomic mass is 10.1. The first-order valence-electron chi connectivity index (χ1n) is 8.56. The summed E-state index contributed by atoms with van der Waals surface area (Å²) in [5, 5.41) is 9.27. The van der Waals surface area contributed by atoms with Gasteiger partial charge in [-0.3, -0.25) is 9.59 Å². The topological polar surface area (TPSA) is 111 Å². The van der Waals surface area contributed by atoms with Crippen molar-refractivity contribution in [2.24, 2.45) is 0 Å². The lowest BCUT2D eigenvalue weighted by Gasteiger charge is -2.34. The van der Waals surface area contributed by atoms with Crippen LogP contribution in [0.3, 0.4) is 0 Å². The van der Waals surface area contributed by atoms with Crippen LogP contribution in [0.25, 0.3) is 0 Å². The molecule has 1 aromatic carbocycles. The van der Waals surface area contributed by atoms with Gasteiger partial charge in [-0.1, -0.05) is 11.6 Å². The van der Waals surface area contributed by atoms with E-state index in [4.69, 9.17) is 16.9 Å². The van der Waals surface area contributed by atoms with Gasteiger partial charge in [-0.15, -0.1) is 0 Å². The summed E-state index contributed by atoms with van der Waals surface area (Å²) >= 11 is 6.19. The van der Waals surface area contributed by atoms with Crippen LogP contribution in [0, 0.1) is 18.3 Å². The quantitative estimate of drug-likeness (QED) is 0.390. The Hall–Kier alpha value is -3.12. The average Bonchev–Trinajstić information content (AvgIpc) is 3.35. The van der Waals surface area contributed by atoms with Gasteiger partial charge in [-0.25, -0.2) is 14.5 Å². The monoisotopic (exact) mass is 402 g/mol. The van der Waals surface area contributed by atoms with E-state index in [1.54, 1.807) is 6.92 Å². The molecule has 2 bridgehead atoms. The first-order chi connectivity index (χ1) is 13.3. The molecule has 0 aliphatic carbocycles. The zero-order chi connectivity index (χ0) is 20.3. The Labute approximate surface area is 165 Å². The number of ether oxygens (including phenoxy) is 1. The molecular weight excluding hydrogens is 388 g/mol. The second kappa shape index (κ2) is 6.21. The molecule has 10 heteroatoms. The number of esters is 1. The van der Waals surface area contributed by atoms with Gasteiger partial charge in [-0.2, -0.15) is 5.26 Å². The van der Waals surface area contributed by atoms with Crippen LogP contribution in [-0.2, 0) is 19.1 Å². The van der Waals surface area contributed by atoms with E-state index in [-0.39, 0.29) is 23.2 Å². The summed E-state index contributed by atoms with van der Waals surface area (Å²) in [6.45, 7) is 1.80. The van der Waals surface area contributed by atoms with Crippen LogP contribution in [-0.4, -0.2) is 65.4 Å². The van der Waals surface area contributed by atoms with Crippen LogP contribution in [0.15, 0.2) is 12.1 Å². The SMILES string of the molecule is COC(=O)C(=O)N1CC2CC1C1C(=O)N(c3ccc(C#N)c(Cl)c3C)C(=O)N21. The molecule has 3 unspecified atom stereocenters. The standard InChI is InChI=1S/C18H15ClN4O5/c1-8-11(4-3-9(6-20)13(8)19)23-15(24)14-12-5-10(22(14)18(23)27)7-21(12)16(25)17(26)28-2/h3-4,10,12,14H,5,7H2,1-2H3. The maximum Gasteiger partial charge on any atom is 0.396 e. The summed E-state index contributed by atoms with van der Waals surface area (Å²) in [7, 11) is 1.12. The van der Waals surface area contributed by atoms with Gasteiger partial charge in [0.05, 0.1) is 35.5 Å². The number of carbonyl (C=O) groups excluding carboxylic acids is 4. The minimum Gasteiger partial charge on any atom is -0.462 e. The highest BCUT2D eigenvalue weighted by molar-refractivity contribution is 6.34. The highest BCUT2D eigenvalue weighted by Crippen LogP contribution is 2.43. The molecule has 0 radical (unpaired) electrons. The first kappa shape index (κ1) is 18.3. The molecule has 3 atom stereocenters. The third-order valence-electron chi connectivity index (χ3n) is 5.60.